The van der Waals surface area contributed by atoms with Crippen LogP contribution in [-0.2, 0) is 6.54 Å². The Labute approximate surface area is 58.4 Å². The van der Waals surface area contributed by atoms with Crippen molar-refractivity contribution in [2.45, 2.75) is 19.5 Å². The minimum atomic E-state index is 0.707. The Kier molecular flexibility index (Phi) is 1.17. The molecule has 5 nitrogen and oxygen atoms in total. The predicted octanol–water partition coefficient (Wildman–Crippen LogP) is -0.596. The lowest BCUT2D eigenvalue weighted by Crippen LogP contribution is -2.01. The first kappa shape index (κ1) is 5.79. The summed E-state index contributed by atoms with van der Waals surface area (Å²) in [6.45, 7) is 4.17. The fourth-order valence-corrected chi connectivity index (χ4v) is 0.944. The zero-order chi connectivity index (χ0) is 6.97. The summed E-state index contributed by atoms with van der Waals surface area (Å²) in [5.41, 5.74) is 0. The molecule has 5 heteroatoms. The Hall–Kier alpha value is -0.970. The first-order chi connectivity index (χ1) is 4.86. The van der Waals surface area contributed by atoms with E-state index in [2.05, 4.69) is 32.4 Å². The second-order valence-corrected chi connectivity index (χ2v) is 2.61. The number of tetrazole rings is 1. The molecule has 1 N–H and O–H groups in total. The maximum absolute atomic E-state index is 3.84. The molecule has 1 aliphatic heterocycles. The van der Waals surface area contributed by atoms with Gasteiger partial charge in [-0.2, -0.15) is 5.21 Å². The quantitative estimate of drug-likeness (QED) is 0.556. The van der Waals surface area contributed by atoms with Crippen molar-refractivity contribution >= 4 is 0 Å². The van der Waals surface area contributed by atoms with Gasteiger partial charge in [0.25, 0.3) is 0 Å². The minimum absolute atomic E-state index is 0.707. The number of hydrogen-bond donors (Lipinski definition) is 1. The average molecular weight is 139 g/mol. The van der Waals surface area contributed by atoms with Gasteiger partial charge in [-0.3, -0.25) is 4.90 Å². The standard InChI is InChI=1S/C5H9N5/c1-4-2-10(4)3-5-6-8-9-7-5/h4H,2-3H2,1H3,(H,6,7,8,9). The maximum Gasteiger partial charge on any atom is 0.188 e. The van der Waals surface area contributed by atoms with E-state index in [1.165, 1.54) is 0 Å². The molecular formula is C5H9N5. The smallest absolute Gasteiger partial charge is 0.188 e. The lowest BCUT2D eigenvalue weighted by Gasteiger charge is -1.92. The van der Waals surface area contributed by atoms with Gasteiger partial charge in [0.15, 0.2) is 5.82 Å². The van der Waals surface area contributed by atoms with Crippen molar-refractivity contribution in [1.82, 2.24) is 25.5 Å². The number of nitrogens with one attached hydrogen (secondary N) is 1. The van der Waals surface area contributed by atoms with Gasteiger partial charge in [0.1, 0.15) is 0 Å². The highest BCUT2D eigenvalue weighted by Gasteiger charge is 2.29. The van der Waals surface area contributed by atoms with Crippen LogP contribution in [0.15, 0.2) is 0 Å². The third-order valence-electron chi connectivity index (χ3n) is 1.72. The van der Waals surface area contributed by atoms with Crippen molar-refractivity contribution in [2.75, 3.05) is 6.54 Å². The van der Waals surface area contributed by atoms with Crippen molar-refractivity contribution in [3.8, 4) is 0 Å². The maximum atomic E-state index is 3.84. The van der Waals surface area contributed by atoms with E-state index < -0.39 is 0 Å². The van der Waals surface area contributed by atoms with Gasteiger partial charge in [0.05, 0.1) is 6.54 Å². The third-order valence-corrected chi connectivity index (χ3v) is 1.72. The zero-order valence-electron chi connectivity index (χ0n) is 5.78. The van der Waals surface area contributed by atoms with Crippen molar-refractivity contribution in [3.63, 3.8) is 0 Å². The van der Waals surface area contributed by atoms with Crippen LogP contribution in [0, 0.1) is 0 Å². The summed E-state index contributed by atoms with van der Waals surface area (Å²) in [5.74, 6) is 0.782. The molecule has 1 aliphatic rings. The Bertz CT molecular complexity index is 206. The van der Waals surface area contributed by atoms with Gasteiger partial charge < -0.3 is 0 Å². The molecular weight excluding hydrogens is 130 g/mol. The Morgan fingerprint density at radius 3 is 3.10 bits per heavy atom. The summed E-state index contributed by atoms with van der Waals surface area (Å²) in [7, 11) is 0. The number of nitrogens with zero attached hydrogens (tertiary/aromatic N) is 4. The van der Waals surface area contributed by atoms with E-state index in [1.54, 1.807) is 0 Å². The molecule has 0 aliphatic carbocycles. The third kappa shape index (κ3) is 0.995. The highest BCUT2D eigenvalue weighted by Crippen LogP contribution is 2.17. The Balaban J connectivity index is 1.93. The molecule has 54 valence electrons. The SMILES string of the molecule is CC1CN1Cc1nn[nH]n1. The largest absolute Gasteiger partial charge is 0.290 e. The van der Waals surface area contributed by atoms with Crippen molar-refractivity contribution < 1.29 is 0 Å². The van der Waals surface area contributed by atoms with Gasteiger partial charge in [-0.05, 0) is 6.92 Å². The van der Waals surface area contributed by atoms with Crippen LogP contribution in [0.1, 0.15) is 12.7 Å². The Morgan fingerprint density at radius 2 is 2.60 bits per heavy atom. The summed E-state index contributed by atoms with van der Waals surface area (Å²) in [4.78, 5) is 2.27. The van der Waals surface area contributed by atoms with E-state index in [9.17, 15) is 0 Å². The number of aromatic amines is 1. The van der Waals surface area contributed by atoms with E-state index in [0.29, 0.717) is 6.04 Å². The first-order valence-corrected chi connectivity index (χ1v) is 3.32. The first-order valence-electron chi connectivity index (χ1n) is 3.32. The van der Waals surface area contributed by atoms with Crippen molar-refractivity contribution in [1.29, 1.82) is 0 Å². The zero-order valence-corrected chi connectivity index (χ0v) is 5.78. The topological polar surface area (TPSA) is 57.5 Å². The van der Waals surface area contributed by atoms with Crippen molar-refractivity contribution in [3.05, 3.63) is 5.82 Å². The summed E-state index contributed by atoms with van der Waals surface area (Å²) >= 11 is 0. The van der Waals surface area contributed by atoms with Crippen LogP contribution in [0.5, 0.6) is 0 Å². The fraction of sp³-hybridized carbons (Fsp3) is 0.800. The minimum Gasteiger partial charge on any atom is -0.290 e. The molecule has 0 amide bonds. The molecule has 0 aromatic carbocycles. The van der Waals surface area contributed by atoms with Crippen LogP contribution in [0.25, 0.3) is 0 Å². The van der Waals surface area contributed by atoms with Gasteiger partial charge in [0.2, 0.25) is 0 Å². The summed E-state index contributed by atoms with van der Waals surface area (Å²) in [5, 5.41) is 13.6. The monoisotopic (exact) mass is 139 g/mol. The van der Waals surface area contributed by atoms with Gasteiger partial charge >= 0.3 is 0 Å². The highest BCUT2D eigenvalue weighted by molar-refractivity contribution is 4.89. The summed E-state index contributed by atoms with van der Waals surface area (Å²) in [6, 6.07) is 0.707. The van der Waals surface area contributed by atoms with E-state index >= 15 is 0 Å². The predicted molar refractivity (Wildman–Crippen MR) is 34.0 cm³/mol. The van der Waals surface area contributed by atoms with Crippen LogP contribution in [0.3, 0.4) is 0 Å². The molecule has 1 aromatic heterocycles. The van der Waals surface area contributed by atoms with Crippen LogP contribution < -0.4 is 0 Å². The summed E-state index contributed by atoms with van der Waals surface area (Å²) < 4.78 is 0. The lowest BCUT2D eigenvalue weighted by atomic mass is 10.5. The van der Waals surface area contributed by atoms with Crippen LogP contribution in [-0.4, -0.2) is 38.1 Å². The van der Waals surface area contributed by atoms with Crippen molar-refractivity contribution in [2.24, 2.45) is 0 Å². The van der Waals surface area contributed by atoms with E-state index in [0.717, 1.165) is 18.9 Å². The molecule has 2 unspecified atom stereocenters. The number of hydrogen-bond acceptors (Lipinski definition) is 4. The molecule has 0 saturated carbocycles. The van der Waals surface area contributed by atoms with Crippen LogP contribution in [0.2, 0.25) is 0 Å². The molecule has 1 saturated heterocycles. The molecule has 1 aromatic rings. The van der Waals surface area contributed by atoms with Gasteiger partial charge in [-0.1, -0.05) is 5.21 Å². The second-order valence-electron chi connectivity index (χ2n) is 2.61. The molecule has 2 atom stereocenters. The number of H-pyrrole nitrogens is 1. The number of rotatable bonds is 2. The Morgan fingerprint density at radius 1 is 1.80 bits per heavy atom. The second kappa shape index (κ2) is 2.02. The number of aromatic nitrogens is 4. The summed E-state index contributed by atoms with van der Waals surface area (Å²) in [6.07, 6.45) is 0. The average Bonchev–Trinajstić information content (AvgIpc) is 2.48. The van der Waals surface area contributed by atoms with E-state index in [-0.39, 0.29) is 0 Å². The van der Waals surface area contributed by atoms with E-state index in [1.807, 2.05) is 0 Å². The van der Waals surface area contributed by atoms with Crippen LogP contribution >= 0.6 is 0 Å². The van der Waals surface area contributed by atoms with Gasteiger partial charge in [-0.15, -0.1) is 10.2 Å². The molecule has 2 heterocycles. The molecule has 0 radical (unpaired) electrons. The van der Waals surface area contributed by atoms with Gasteiger partial charge in [0, 0.05) is 12.6 Å². The van der Waals surface area contributed by atoms with E-state index in [4.69, 9.17) is 0 Å². The molecule has 0 bridgehead atoms. The molecule has 0 spiro atoms. The molecule has 2 rings (SSSR count). The molecule has 1 fully saturated rings. The van der Waals surface area contributed by atoms with Gasteiger partial charge in [-0.25, -0.2) is 0 Å². The highest BCUT2D eigenvalue weighted by atomic mass is 15.5. The lowest BCUT2D eigenvalue weighted by molar-refractivity contribution is 0.496. The van der Waals surface area contributed by atoms with Crippen LogP contribution in [0.4, 0.5) is 0 Å². The molecule has 10 heavy (non-hydrogen) atoms. The normalized spacial score (nSPS) is 30.5. The fourth-order valence-electron chi connectivity index (χ4n) is 0.944.